The number of ether oxygens (including phenoxy) is 1. The topological polar surface area (TPSA) is 74.6 Å². The molecule has 1 atom stereocenters. The highest BCUT2D eigenvalue weighted by molar-refractivity contribution is 9.10. The highest BCUT2D eigenvalue weighted by Crippen LogP contribution is 2.43. The summed E-state index contributed by atoms with van der Waals surface area (Å²) in [5, 5.41) is 12.5. The van der Waals surface area contributed by atoms with E-state index in [0.717, 1.165) is 32.2 Å². The molecule has 2 aliphatic heterocycles. The van der Waals surface area contributed by atoms with Gasteiger partial charge in [0.2, 0.25) is 0 Å². The van der Waals surface area contributed by atoms with Gasteiger partial charge in [0, 0.05) is 9.88 Å². The molecule has 27 heavy (non-hydrogen) atoms. The molecular formula is C20H15BrN4OS. The van der Waals surface area contributed by atoms with Gasteiger partial charge in [-0.1, -0.05) is 39.8 Å². The number of amidine groups is 1. The standard InChI is InChI=1S/C20H15BrN4OS/c1-26-15-7-5-12(6-8-15)17-11-27-20-24-18(13-3-2-4-14(21)9-13)16(10-22)19(23)25(17)20/h2-9,11,18H,23H2,1H3. The zero-order valence-electron chi connectivity index (χ0n) is 14.4. The molecule has 1 unspecified atom stereocenters. The van der Waals surface area contributed by atoms with Gasteiger partial charge in [-0.2, -0.15) is 5.26 Å². The first-order chi connectivity index (χ1) is 13.1. The molecule has 2 aliphatic rings. The Balaban J connectivity index is 1.74. The third kappa shape index (κ3) is 3.11. The van der Waals surface area contributed by atoms with E-state index in [2.05, 4.69) is 22.0 Å². The van der Waals surface area contributed by atoms with E-state index < -0.39 is 6.04 Å². The molecule has 0 bridgehead atoms. The molecule has 2 aromatic rings. The van der Waals surface area contributed by atoms with Gasteiger partial charge in [-0.3, -0.25) is 4.90 Å². The van der Waals surface area contributed by atoms with Crippen molar-refractivity contribution in [2.24, 2.45) is 10.7 Å². The van der Waals surface area contributed by atoms with E-state index in [9.17, 15) is 5.26 Å². The quantitative estimate of drug-likeness (QED) is 0.756. The van der Waals surface area contributed by atoms with E-state index in [-0.39, 0.29) is 0 Å². The number of hydrogen-bond donors (Lipinski definition) is 1. The fourth-order valence-corrected chi connectivity index (χ4v) is 4.41. The summed E-state index contributed by atoms with van der Waals surface area (Å²) in [5.74, 6) is 1.20. The molecule has 0 amide bonds. The maximum absolute atomic E-state index is 9.77. The van der Waals surface area contributed by atoms with Crippen LogP contribution in [0.15, 0.2) is 74.8 Å². The average molecular weight is 439 g/mol. The molecule has 7 heteroatoms. The highest BCUT2D eigenvalue weighted by atomic mass is 79.9. The number of nitriles is 1. The van der Waals surface area contributed by atoms with Crippen molar-refractivity contribution in [3.63, 3.8) is 0 Å². The lowest BCUT2D eigenvalue weighted by Crippen LogP contribution is -2.33. The molecule has 0 fully saturated rings. The zero-order chi connectivity index (χ0) is 19.0. The third-order valence-corrected chi connectivity index (χ3v) is 5.74. The fraction of sp³-hybridized carbons (Fsp3) is 0.100. The monoisotopic (exact) mass is 438 g/mol. The molecule has 2 heterocycles. The molecule has 2 aromatic carbocycles. The van der Waals surface area contributed by atoms with Gasteiger partial charge in [0.15, 0.2) is 5.17 Å². The normalized spacial score (nSPS) is 18.6. The number of benzene rings is 2. The second-order valence-electron chi connectivity index (χ2n) is 5.96. The molecule has 2 N–H and O–H groups in total. The summed E-state index contributed by atoms with van der Waals surface area (Å²) in [5.41, 5.74) is 9.69. The number of aliphatic imine (C=N–C) groups is 1. The lowest BCUT2D eigenvalue weighted by molar-refractivity contribution is 0.414. The van der Waals surface area contributed by atoms with Crippen molar-refractivity contribution in [3.05, 3.63) is 80.9 Å². The van der Waals surface area contributed by atoms with Crippen molar-refractivity contribution in [1.29, 1.82) is 5.26 Å². The lowest BCUT2D eigenvalue weighted by atomic mass is 9.98. The summed E-state index contributed by atoms with van der Waals surface area (Å²) < 4.78 is 6.16. The van der Waals surface area contributed by atoms with Gasteiger partial charge in [-0.15, -0.1) is 0 Å². The van der Waals surface area contributed by atoms with Crippen LogP contribution in [-0.4, -0.2) is 17.2 Å². The van der Waals surface area contributed by atoms with E-state index in [1.165, 1.54) is 11.8 Å². The first kappa shape index (κ1) is 17.7. The minimum atomic E-state index is -0.408. The molecule has 0 radical (unpaired) electrons. The van der Waals surface area contributed by atoms with Crippen LogP contribution < -0.4 is 10.5 Å². The molecule has 0 aliphatic carbocycles. The number of rotatable bonds is 3. The molecule has 0 spiro atoms. The maximum atomic E-state index is 9.77. The van der Waals surface area contributed by atoms with Crippen molar-refractivity contribution in [2.45, 2.75) is 6.04 Å². The average Bonchev–Trinajstić information content (AvgIpc) is 3.12. The summed E-state index contributed by atoms with van der Waals surface area (Å²) in [7, 11) is 1.64. The van der Waals surface area contributed by atoms with Crippen LogP contribution in [0, 0.1) is 11.3 Å². The zero-order valence-corrected chi connectivity index (χ0v) is 16.8. The molecule has 0 aromatic heterocycles. The number of nitrogens with two attached hydrogens (primary N) is 1. The second kappa shape index (κ2) is 7.14. The summed E-state index contributed by atoms with van der Waals surface area (Å²) >= 11 is 4.98. The summed E-state index contributed by atoms with van der Waals surface area (Å²) in [6.45, 7) is 0. The van der Waals surface area contributed by atoms with Gasteiger partial charge < -0.3 is 10.5 Å². The van der Waals surface area contributed by atoms with Crippen LogP contribution in [0.2, 0.25) is 0 Å². The van der Waals surface area contributed by atoms with Crippen LogP contribution in [0.5, 0.6) is 5.75 Å². The SMILES string of the molecule is COc1ccc(C2=CSC3=NC(c4cccc(Br)c4)C(C#N)=C(N)N23)cc1. The van der Waals surface area contributed by atoms with Gasteiger partial charge in [0.05, 0.1) is 18.4 Å². The Morgan fingerprint density at radius 3 is 2.70 bits per heavy atom. The Morgan fingerprint density at radius 1 is 1.26 bits per heavy atom. The van der Waals surface area contributed by atoms with Crippen LogP contribution in [0.3, 0.4) is 0 Å². The first-order valence-corrected chi connectivity index (χ1v) is 9.84. The fourth-order valence-electron chi connectivity index (χ4n) is 3.07. The molecule has 0 saturated heterocycles. The highest BCUT2D eigenvalue weighted by Gasteiger charge is 2.35. The van der Waals surface area contributed by atoms with Crippen molar-refractivity contribution in [1.82, 2.24) is 4.90 Å². The Bertz CT molecular complexity index is 1040. The van der Waals surface area contributed by atoms with Crippen LogP contribution in [-0.2, 0) is 0 Å². The van der Waals surface area contributed by atoms with Gasteiger partial charge in [-0.05, 0) is 47.5 Å². The minimum absolute atomic E-state index is 0.408. The number of nitrogens with zero attached hydrogens (tertiary/aromatic N) is 3. The van der Waals surface area contributed by atoms with E-state index in [1.807, 2.05) is 58.8 Å². The van der Waals surface area contributed by atoms with Crippen LogP contribution >= 0.6 is 27.7 Å². The lowest BCUT2D eigenvalue weighted by Gasteiger charge is -2.30. The number of fused-ring (bicyclic) bond motifs is 1. The van der Waals surface area contributed by atoms with Gasteiger partial charge >= 0.3 is 0 Å². The van der Waals surface area contributed by atoms with Crippen LogP contribution in [0.1, 0.15) is 17.2 Å². The predicted octanol–water partition coefficient (Wildman–Crippen LogP) is 4.61. The Labute approximate surface area is 170 Å². The Hall–Kier alpha value is -2.69. The van der Waals surface area contributed by atoms with E-state index in [0.29, 0.717) is 11.4 Å². The van der Waals surface area contributed by atoms with E-state index in [1.54, 1.807) is 7.11 Å². The summed E-state index contributed by atoms with van der Waals surface area (Å²) in [6, 6.07) is 17.4. The largest absolute Gasteiger partial charge is 0.497 e. The molecular weight excluding hydrogens is 424 g/mol. The van der Waals surface area contributed by atoms with Crippen LogP contribution in [0.25, 0.3) is 5.70 Å². The van der Waals surface area contributed by atoms with Crippen molar-refractivity contribution in [2.75, 3.05) is 7.11 Å². The van der Waals surface area contributed by atoms with Crippen molar-refractivity contribution in [3.8, 4) is 11.8 Å². The molecule has 134 valence electrons. The first-order valence-electron chi connectivity index (χ1n) is 8.16. The number of thioether (sulfide) groups is 1. The van der Waals surface area contributed by atoms with Gasteiger partial charge in [-0.25, -0.2) is 4.99 Å². The smallest absolute Gasteiger partial charge is 0.174 e. The third-order valence-electron chi connectivity index (χ3n) is 4.41. The Kier molecular flexibility index (Phi) is 4.68. The number of methoxy groups -OCH3 is 1. The van der Waals surface area contributed by atoms with Gasteiger partial charge in [0.25, 0.3) is 0 Å². The number of halogens is 1. The number of hydrogen-bond acceptors (Lipinski definition) is 6. The Morgan fingerprint density at radius 2 is 2.04 bits per heavy atom. The van der Waals surface area contributed by atoms with Crippen LogP contribution in [0.4, 0.5) is 0 Å². The van der Waals surface area contributed by atoms with Crippen molar-refractivity contribution >= 4 is 38.6 Å². The van der Waals surface area contributed by atoms with E-state index in [4.69, 9.17) is 15.5 Å². The maximum Gasteiger partial charge on any atom is 0.174 e. The van der Waals surface area contributed by atoms with Crippen molar-refractivity contribution < 1.29 is 4.74 Å². The molecule has 0 saturated carbocycles. The molecule has 5 nitrogen and oxygen atoms in total. The molecule has 4 rings (SSSR count). The minimum Gasteiger partial charge on any atom is -0.497 e. The second-order valence-corrected chi connectivity index (χ2v) is 7.72. The summed E-state index contributed by atoms with van der Waals surface area (Å²) in [4.78, 5) is 6.66. The van der Waals surface area contributed by atoms with E-state index >= 15 is 0 Å². The van der Waals surface area contributed by atoms with Gasteiger partial charge in [0.1, 0.15) is 23.7 Å². The summed E-state index contributed by atoms with van der Waals surface area (Å²) in [6.07, 6.45) is 0. The predicted molar refractivity (Wildman–Crippen MR) is 112 cm³/mol.